The molecule has 6 nitrogen and oxygen atoms in total. The van der Waals surface area contributed by atoms with Gasteiger partial charge in [-0.2, -0.15) is 4.98 Å². The van der Waals surface area contributed by atoms with Crippen molar-refractivity contribution in [2.24, 2.45) is 5.41 Å². The van der Waals surface area contributed by atoms with Gasteiger partial charge in [-0.05, 0) is 18.3 Å². The fourth-order valence-electron chi connectivity index (χ4n) is 3.42. The lowest BCUT2D eigenvalue weighted by molar-refractivity contribution is -0.132. The average Bonchev–Trinajstić information content (AvgIpc) is 3.08. The number of likely N-dealkylation sites (tertiary alicyclic amines) is 1. The molecule has 22 heavy (non-hydrogen) atoms. The average molecular weight is 307 g/mol. The number of ether oxygens (including phenoxy) is 1. The fourth-order valence-corrected chi connectivity index (χ4v) is 3.42. The third kappa shape index (κ3) is 2.89. The molecule has 3 atom stereocenters. The molecule has 2 saturated heterocycles. The van der Waals surface area contributed by atoms with Gasteiger partial charge in [-0.25, -0.2) is 0 Å². The number of piperidine rings is 1. The number of rotatable bonds is 2. The van der Waals surface area contributed by atoms with Crippen molar-refractivity contribution in [1.82, 2.24) is 15.0 Å². The molecule has 1 amide bonds. The summed E-state index contributed by atoms with van der Waals surface area (Å²) in [5, 5.41) is 4.19. The minimum absolute atomic E-state index is 0.0471. The van der Waals surface area contributed by atoms with Crippen molar-refractivity contribution >= 4 is 5.91 Å². The first-order valence-electron chi connectivity index (χ1n) is 8.05. The zero-order chi connectivity index (χ0) is 15.9. The molecule has 1 aromatic rings. The molecule has 0 saturated carbocycles. The maximum absolute atomic E-state index is 11.8. The molecular formula is C16H25N3O3. The molecule has 2 fully saturated rings. The summed E-state index contributed by atoms with van der Waals surface area (Å²) in [6.45, 7) is 8.01. The number of aromatic nitrogens is 2. The van der Waals surface area contributed by atoms with Crippen LogP contribution < -0.4 is 0 Å². The molecule has 122 valence electrons. The Morgan fingerprint density at radius 3 is 2.73 bits per heavy atom. The summed E-state index contributed by atoms with van der Waals surface area (Å²) in [5.41, 5.74) is 0.0471. The van der Waals surface area contributed by atoms with Crippen molar-refractivity contribution in [2.75, 3.05) is 20.2 Å². The molecule has 1 unspecified atom stereocenters. The highest BCUT2D eigenvalue weighted by atomic mass is 16.5. The molecule has 0 spiro atoms. The van der Waals surface area contributed by atoms with Gasteiger partial charge in [0.1, 0.15) is 0 Å². The molecule has 2 aliphatic rings. The van der Waals surface area contributed by atoms with E-state index in [0.29, 0.717) is 12.3 Å². The number of carbonyl (C=O) groups is 1. The second-order valence-corrected chi connectivity index (χ2v) is 7.55. The largest absolute Gasteiger partial charge is 0.377 e. The van der Waals surface area contributed by atoms with Crippen LogP contribution in [0.15, 0.2) is 4.52 Å². The molecule has 0 N–H and O–H groups in total. The van der Waals surface area contributed by atoms with Crippen molar-refractivity contribution in [3.8, 4) is 0 Å². The van der Waals surface area contributed by atoms with E-state index in [1.807, 2.05) is 7.05 Å². The van der Waals surface area contributed by atoms with Gasteiger partial charge in [0.15, 0.2) is 5.82 Å². The first kappa shape index (κ1) is 15.5. The van der Waals surface area contributed by atoms with Crippen LogP contribution in [-0.4, -0.2) is 47.3 Å². The fraction of sp³-hybridized carbons (Fsp3) is 0.812. The lowest BCUT2D eigenvalue weighted by Crippen LogP contribution is -2.34. The van der Waals surface area contributed by atoms with Crippen molar-refractivity contribution in [2.45, 2.75) is 58.0 Å². The van der Waals surface area contributed by atoms with Crippen LogP contribution in [0.25, 0.3) is 0 Å². The molecule has 2 aliphatic heterocycles. The summed E-state index contributed by atoms with van der Waals surface area (Å²) in [6, 6.07) is 0. The second-order valence-electron chi connectivity index (χ2n) is 7.55. The quantitative estimate of drug-likeness (QED) is 0.838. The van der Waals surface area contributed by atoms with E-state index in [1.165, 1.54) is 0 Å². The van der Waals surface area contributed by atoms with E-state index in [1.54, 1.807) is 4.90 Å². The van der Waals surface area contributed by atoms with Gasteiger partial charge in [-0.1, -0.05) is 25.9 Å². The van der Waals surface area contributed by atoms with E-state index in [2.05, 4.69) is 30.9 Å². The van der Waals surface area contributed by atoms with Crippen molar-refractivity contribution in [3.05, 3.63) is 11.7 Å². The number of amides is 1. The van der Waals surface area contributed by atoms with Gasteiger partial charge < -0.3 is 14.2 Å². The molecule has 6 heteroatoms. The lowest BCUT2D eigenvalue weighted by Gasteiger charge is -2.29. The van der Waals surface area contributed by atoms with Gasteiger partial charge in [0.25, 0.3) is 0 Å². The van der Waals surface area contributed by atoms with E-state index in [0.717, 1.165) is 31.8 Å². The van der Waals surface area contributed by atoms with Crippen LogP contribution in [0.1, 0.15) is 63.6 Å². The van der Waals surface area contributed by atoms with Crippen LogP contribution in [0.3, 0.4) is 0 Å². The molecular weight excluding hydrogens is 282 g/mol. The molecule has 0 bridgehead atoms. The first-order chi connectivity index (χ1) is 10.4. The molecule has 0 aliphatic carbocycles. The van der Waals surface area contributed by atoms with Crippen molar-refractivity contribution in [3.63, 3.8) is 0 Å². The predicted octanol–water partition coefficient (Wildman–Crippen LogP) is 2.32. The number of hydrogen-bond donors (Lipinski definition) is 0. The van der Waals surface area contributed by atoms with Crippen LogP contribution in [0.2, 0.25) is 0 Å². The Hall–Kier alpha value is -1.43. The van der Waals surface area contributed by atoms with Gasteiger partial charge in [-0.3, -0.25) is 4.79 Å². The smallest absolute Gasteiger partial charge is 0.230 e. The summed E-state index contributed by atoms with van der Waals surface area (Å²) in [4.78, 5) is 18.2. The van der Waals surface area contributed by atoms with Crippen LogP contribution in [-0.2, 0) is 9.53 Å². The normalized spacial score (nSPS) is 30.1. The van der Waals surface area contributed by atoms with E-state index >= 15 is 0 Å². The van der Waals surface area contributed by atoms with Gasteiger partial charge in [0, 0.05) is 32.5 Å². The molecule has 3 heterocycles. The summed E-state index contributed by atoms with van der Waals surface area (Å²) in [6.07, 6.45) is 2.38. The first-order valence-corrected chi connectivity index (χ1v) is 8.05. The number of nitrogens with zero attached hydrogens (tertiary/aromatic N) is 3. The number of hydrogen-bond acceptors (Lipinski definition) is 5. The second kappa shape index (κ2) is 5.65. The summed E-state index contributed by atoms with van der Waals surface area (Å²) in [7, 11) is 1.83. The Kier molecular flexibility index (Phi) is 3.97. The van der Waals surface area contributed by atoms with Crippen LogP contribution in [0.4, 0.5) is 0 Å². The SMILES string of the molecule is CN1CCC(c2nc([C@H]3CCO[C@@H]3C(C)(C)C)no2)CC1=O. The van der Waals surface area contributed by atoms with Gasteiger partial charge in [-0.15, -0.1) is 0 Å². The van der Waals surface area contributed by atoms with Crippen LogP contribution in [0, 0.1) is 5.41 Å². The van der Waals surface area contributed by atoms with E-state index in [-0.39, 0.29) is 29.3 Å². The van der Waals surface area contributed by atoms with E-state index in [4.69, 9.17) is 9.26 Å². The van der Waals surface area contributed by atoms with Crippen molar-refractivity contribution < 1.29 is 14.1 Å². The molecule has 3 rings (SSSR count). The molecule has 1 aromatic heterocycles. The Labute approximate surface area is 131 Å². The zero-order valence-corrected chi connectivity index (χ0v) is 13.8. The highest BCUT2D eigenvalue weighted by Gasteiger charge is 2.41. The highest BCUT2D eigenvalue weighted by Crippen LogP contribution is 2.40. The minimum Gasteiger partial charge on any atom is -0.377 e. The van der Waals surface area contributed by atoms with Crippen LogP contribution in [0.5, 0.6) is 0 Å². The van der Waals surface area contributed by atoms with E-state index in [9.17, 15) is 4.79 Å². The zero-order valence-electron chi connectivity index (χ0n) is 13.8. The van der Waals surface area contributed by atoms with Gasteiger partial charge in [0.05, 0.1) is 12.0 Å². The summed E-state index contributed by atoms with van der Waals surface area (Å²) < 4.78 is 11.4. The third-order valence-corrected chi connectivity index (χ3v) is 4.74. The standard InChI is InChI=1S/C16H25N3O3/c1-16(2,3)13-11(6-8-21-13)14-17-15(22-18-14)10-5-7-19(4)12(20)9-10/h10-11,13H,5-9H2,1-4H3/t10?,11-,13-/m0/s1. The Morgan fingerprint density at radius 1 is 1.27 bits per heavy atom. The van der Waals surface area contributed by atoms with Crippen LogP contribution >= 0.6 is 0 Å². The Morgan fingerprint density at radius 2 is 2.05 bits per heavy atom. The molecule has 0 aromatic carbocycles. The van der Waals surface area contributed by atoms with Gasteiger partial charge >= 0.3 is 0 Å². The Balaban J connectivity index is 1.75. The lowest BCUT2D eigenvalue weighted by atomic mass is 9.81. The monoisotopic (exact) mass is 307 g/mol. The topological polar surface area (TPSA) is 68.5 Å². The number of carbonyl (C=O) groups excluding carboxylic acids is 1. The Bertz CT molecular complexity index is 549. The summed E-state index contributed by atoms with van der Waals surface area (Å²) >= 11 is 0. The maximum Gasteiger partial charge on any atom is 0.230 e. The van der Waals surface area contributed by atoms with E-state index < -0.39 is 0 Å². The maximum atomic E-state index is 11.8. The minimum atomic E-state index is 0.0471. The highest BCUT2D eigenvalue weighted by molar-refractivity contribution is 5.77. The predicted molar refractivity (Wildman–Crippen MR) is 80.5 cm³/mol. The van der Waals surface area contributed by atoms with Crippen molar-refractivity contribution in [1.29, 1.82) is 0 Å². The third-order valence-electron chi connectivity index (χ3n) is 4.74. The summed E-state index contributed by atoms with van der Waals surface area (Å²) in [5.74, 6) is 1.72. The van der Waals surface area contributed by atoms with Gasteiger partial charge in [0.2, 0.25) is 11.8 Å². The molecule has 0 radical (unpaired) electrons.